The van der Waals surface area contributed by atoms with Crippen LogP contribution in [0.1, 0.15) is 20.8 Å². The molecular formula is C19H20F2NOP. The van der Waals surface area contributed by atoms with Gasteiger partial charge in [0.15, 0.2) is 0 Å². The van der Waals surface area contributed by atoms with Crippen LogP contribution in [-0.2, 0) is 4.74 Å². The van der Waals surface area contributed by atoms with E-state index in [0.717, 1.165) is 10.6 Å². The monoisotopic (exact) mass is 347 g/mol. The van der Waals surface area contributed by atoms with E-state index in [1.54, 1.807) is 24.3 Å². The van der Waals surface area contributed by atoms with Crippen LogP contribution in [0.3, 0.4) is 0 Å². The molecule has 2 nitrogen and oxygen atoms in total. The molecule has 3 rings (SSSR count). The van der Waals surface area contributed by atoms with Crippen molar-refractivity contribution in [3.05, 3.63) is 60.2 Å². The van der Waals surface area contributed by atoms with E-state index in [1.807, 2.05) is 0 Å². The Morgan fingerprint density at radius 2 is 1.38 bits per heavy atom. The second kappa shape index (κ2) is 6.60. The molecule has 0 amide bonds. The summed E-state index contributed by atoms with van der Waals surface area (Å²) in [5.41, 5.74) is 0.678. The summed E-state index contributed by atoms with van der Waals surface area (Å²) < 4.78 is 32.5. The highest BCUT2D eigenvalue weighted by atomic mass is 31.1. The first-order valence-corrected chi connectivity index (χ1v) is 9.20. The normalized spacial score (nSPS) is 17.8. The van der Waals surface area contributed by atoms with Gasteiger partial charge in [0.2, 0.25) is 5.64 Å². The van der Waals surface area contributed by atoms with Gasteiger partial charge in [-0.2, -0.15) is 0 Å². The Bertz CT molecular complexity index is 690. The number of ether oxygens (including phenoxy) is 1. The van der Waals surface area contributed by atoms with Crippen molar-refractivity contribution in [1.82, 2.24) is 0 Å². The second-order valence-electron chi connectivity index (χ2n) is 6.89. The fourth-order valence-electron chi connectivity index (χ4n) is 2.48. The van der Waals surface area contributed by atoms with Crippen LogP contribution in [-0.4, -0.2) is 18.3 Å². The largest absolute Gasteiger partial charge is 0.475 e. The van der Waals surface area contributed by atoms with Crippen molar-refractivity contribution in [2.75, 3.05) is 6.61 Å². The highest BCUT2D eigenvalue weighted by molar-refractivity contribution is 7.87. The highest BCUT2D eigenvalue weighted by Crippen LogP contribution is 2.40. The van der Waals surface area contributed by atoms with Crippen molar-refractivity contribution >= 4 is 24.2 Å². The standard InChI is InChI=1S/C19H20F2NOP/c1-19(2,3)17-12-23-18(22-17)24(15-8-4-13(20)5-9-15)16-10-6-14(21)7-11-16/h4-11,17H,12H2,1-3H3/t17-/m1/s1. The van der Waals surface area contributed by atoms with Gasteiger partial charge in [-0.3, -0.25) is 0 Å². The average molecular weight is 347 g/mol. The summed E-state index contributed by atoms with van der Waals surface area (Å²) in [5, 5.41) is 1.87. The van der Waals surface area contributed by atoms with Gasteiger partial charge in [-0.05, 0) is 40.3 Å². The summed E-state index contributed by atoms with van der Waals surface area (Å²) in [6.45, 7) is 6.93. The van der Waals surface area contributed by atoms with Crippen LogP contribution < -0.4 is 10.6 Å². The quantitative estimate of drug-likeness (QED) is 0.763. The van der Waals surface area contributed by atoms with Crippen LogP contribution in [0.2, 0.25) is 0 Å². The zero-order chi connectivity index (χ0) is 17.3. The SMILES string of the molecule is CC(C)(C)[C@H]1COC(P(c2ccc(F)cc2)c2ccc(F)cc2)=N1. The molecule has 24 heavy (non-hydrogen) atoms. The van der Waals surface area contributed by atoms with E-state index in [4.69, 9.17) is 9.73 Å². The van der Waals surface area contributed by atoms with E-state index in [-0.39, 0.29) is 23.1 Å². The lowest BCUT2D eigenvalue weighted by Crippen LogP contribution is -2.25. The Labute approximate surface area is 142 Å². The van der Waals surface area contributed by atoms with Gasteiger partial charge in [0.25, 0.3) is 0 Å². The summed E-state index contributed by atoms with van der Waals surface area (Å²) in [4.78, 5) is 4.79. The number of rotatable bonds is 3. The van der Waals surface area contributed by atoms with Crippen molar-refractivity contribution in [3.63, 3.8) is 0 Å². The van der Waals surface area contributed by atoms with Crippen molar-refractivity contribution in [1.29, 1.82) is 0 Å². The molecule has 0 fully saturated rings. The van der Waals surface area contributed by atoms with E-state index in [0.29, 0.717) is 12.2 Å². The molecule has 0 saturated carbocycles. The smallest absolute Gasteiger partial charge is 0.215 e. The number of aliphatic imine (C=N–C) groups is 1. The fourth-order valence-corrected chi connectivity index (χ4v) is 4.57. The predicted molar refractivity (Wildman–Crippen MR) is 95.6 cm³/mol. The minimum absolute atomic E-state index is 0.00828. The summed E-state index contributed by atoms with van der Waals surface area (Å²) in [6.07, 6.45) is 0. The number of halogens is 2. The maximum absolute atomic E-state index is 13.3. The van der Waals surface area contributed by atoms with Gasteiger partial charge in [-0.1, -0.05) is 45.0 Å². The molecule has 5 heteroatoms. The Morgan fingerprint density at radius 1 is 0.917 bits per heavy atom. The van der Waals surface area contributed by atoms with Crippen LogP contribution in [0.4, 0.5) is 8.78 Å². The van der Waals surface area contributed by atoms with Crippen LogP contribution in [0, 0.1) is 17.0 Å². The first-order valence-electron chi connectivity index (χ1n) is 7.86. The lowest BCUT2D eigenvalue weighted by Gasteiger charge is -2.21. The van der Waals surface area contributed by atoms with Gasteiger partial charge < -0.3 is 4.74 Å². The molecule has 0 saturated heterocycles. The molecule has 0 N–H and O–H groups in total. The maximum atomic E-state index is 13.3. The molecule has 0 radical (unpaired) electrons. The molecule has 2 aromatic rings. The van der Waals surface area contributed by atoms with Crippen LogP contribution in [0.5, 0.6) is 0 Å². The highest BCUT2D eigenvalue weighted by Gasteiger charge is 2.34. The van der Waals surface area contributed by atoms with Crippen molar-refractivity contribution < 1.29 is 13.5 Å². The van der Waals surface area contributed by atoms with Crippen molar-refractivity contribution in [2.45, 2.75) is 26.8 Å². The van der Waals surface area contributed by atoms with Crippen molar-refractivity contribution in [2.24, 2.45) is 10.4 Å². The van der Waals surface area contributed by atoms with E-state index in [1.165, 1.54) is 24.3 Å². The van der Waals surface area contributed by atoms with E-state index in [9.17, 15) is 8.78 Å². The summed E-state index contributed by atoms with van der Waals surface area (Å²) in [5.74, 6) is -0.565. The minimum Gasteiger partial charge on any atom is -0.475 e. The Hall–Kier alpha value is -1.80. The third kappa shape index (κ3) is 3.64. The lowest BCUT2D eigenvalue weighted by molar-refractivity contribution is 0.238. The molecule has 2 aromatic carbocycles. The van der Waals surface area contributed by atoms with E-state index < -0.39 is 7.92 Å². The zero-order valence-corrected chi connectivity index (χ0v) is 14.9. The number of hydrogen-bond donors (Lipinski definition) is 0. The van der Waals surface area contributed by atoms with Gasteiger partial charge in [0, 0.05) is 7.92 Å². The van der Waals surface area contributed by atoms with Gasteiger partial charge in [0.1, 0.15) is 18.2 Å². The Balaban J connectivity index is 2.03. The summed E-state index contributed by atoms with van der Waals surface area (Å²) in [6, 6.07) is 12.8. The summed E-state index contributed by atoms with van der Waals surface area (Å²) in [7, 11) is -1.06. The maximum Gasteiger partial charge on any atom is 0.215 e. The van der Waals surface area contributed by atoms with Crippen LogP contribution in [0.25, 0.3) is 0 Å². The second-order valence-corrected chi connectivity index (χ2v) is 8.98. The molecule has 0 aliphatic carbocycles. The average Bonchev–Trinajstić information content (AvgIpc) is 3.01. The number of hydrogen-bond acceptors (Lipinski definition) is 2. The first-order chi connectivity index (χ1) is 11.3. The molecule has 1 atom stereocenters. The van der Waals surface area contributed by atoms with Crippen LogP contribution in [0.15, 0.2) is 53.5 Å². The lowest BCUT2D eigenvalue weighted by atomic mass is 9.88. The molecule has 126 valence electrons. The molecule has 1 aliphatic rings. The first kappa shape index (κ1) is 17.0. The fraction of sp³-hybridized carbons (Fsp3) is 0.316. The number of benzene rings is 2. The minimum atomic E-state index is -1.06. The third-order valence-corrected chi connectivity index (χ3v) is 6.25. The molecule has 0 aromatic heterocycles. The van der Waals surface area contributed by atoms with Crippen molar-refractivity contribution in [3.8, 4) is 0 Å². The van der Waals surface area contributed by atoms with E-state index in [2.05, 4.69) is 20.8 Å². The predicted octanol–water partition coefficient (Wildman–Crippen LogP) is 4.20. The van der Waals surface area contributed by atoms with Gasteiger partial charge in [-0.15, -0.1) is 0 Å². The van der Waals surface area contributed by atoms with Gasteiger partial charge in [-0.25, -0.2) is 13.8 Å². The Kier molecular flexibility index (Phi) is 4.69. The molecular weight excluding hydrogens is 327 g/mol. The van der Waals surface area contributed by atoms with Crippen LogP contribution >= 0.6 is 7.92 Å². The Morgan fingerprint density at radius 3 is 1.75 bits per heavy atom. The molecule has 0 bridgehead atoms. The molecule has 0 spiro atoms. The summed E-state index contributed by atoms with van der Waals surface area (Å²) >= 11 is 0. The zero-order valence-electron chi connectivity index (χ0n) is 14.0. The molecule has 1 aliphatic heterocycles. The van der Waals surface area contributed by atoms with Gasteiger partial charge >= 0.3 is 0 Å². The topological polar surface area (TPSA) is 21.6 Å². The molecule has 1 heterocycles. The number of nitrogens with zero attached hydrogens (tertiary/aromatic N) is 1. The third-order valence-electron chi connectivity index (χ3n) is 4.00. The van der Waals surface area contributed by atoms with E-state index >= 15 is 0 Å². The molecule has 0 unspecified atom stereocenters. The van der Waals surface area contributed by atoms with Gasteiger partial charge in [0.05, 0.1) is 6.04 Å².